The molecule has 1 heterocycles. The molecular weight excluding hydrogens is 350 g/mol. The van der Waals surface area contributed by atoms with Crippen molar-refractivity contribution in [2.75, 3.05) is 18.4 Å². The number of nitrogens with zero attached hydrogens (tertiary/aromatic N) is 1. The van der Waals surface area contributed by atoms with E-state index in [1.165, 1.54) is 37.9 Å². The van der Waals surface area contributed by atoms with Crippen LogP contribution in [-0.4, -0.2) is 23.1 Å². The molecule has 1 aliphatic rings. The quantitative estimate of drug-likeness (QED) is 0.735. The largest absolute Gasteiger partial charge is 0.358 e. The van der Waals surface area contributed by atoms with E-state index in [2.05, 4.69) is 39.8 Å². The summed E-state index contributed by atoms with van der Waals surface area (Å²) in [6, 6.07) is 16.3. The Bertz CT molecular complexity index is 679. The molecule has 0 bridgehead atoms. The number of thiocarbonyl (C=S) groups is 1. The molecule has 0 unspecified atom stereocenters. The van der Waals surface area contributed by atoms with Crippen LogP contribution in [-0.2, 0) is 13.1 Å². The number of benzene rings is 2. The van der Waals surface area contributed by atoms with Gasteiger partial charge in [-0.25, -0.2) is 0 Å². The van der Waals surface area contributed by atoms with E-state index in [1.54, 1.807) is 0 Å². The summed E-state index contributed by atoms with van der Waals surface area (Å²) in [6.45, 7) is 4.16. The molecule has 0 amide bonds. The number of hydrogen-bond donors (Lipinski definition) is 2. The monoisotopic (exact) mass is 373 g/mol. The van der Waals surface area contributed by atoms with Crippen LogP contribution in [0, 0.1) is 0 Å². The molecule has 2 N–H and O–H groups in total. The van der Waals surface area contributed by atoms with E-state index in [9.17, 15) is 0 Å². The van der Waals surface area contributed by atoms with Gasteiger partial charge in [-0.1, -0.05) is 42.3 Å². The van der Waals surface area contributed by atoms with Crippen LogP contribution in [0.15, 0.2) is 48.5 Å². The molecule has 3 nitrogen and oxygen atoms in total. The van der Waals surface area contributed by atoms with Crippen LogP contribution < -0.4 is 10.6 Å². The minimum atomic E-state index is 0.624. The van der Waals surface area contributed by atoms with Gasteiger partial charge in [0.15, 0.2) is 5.11 Å². The van der Waals surface area contributed by atoms with Gasteiger partial charge in [0, 0.05) is 23.8 Å². The van der Waals surface area contributed by atoms with E-state index < -0.39 is 0 Å². The lowest BCUT2D eigenvalue weighted by Gasteiger charge is -2.26. The molecule has 1 aliphatic heterocycles. The first-order valence-corrected chi connectivity index (χ1v) is 9.58. The summed E-state index contributed by atoms with van der Waals surface area (Å²) in [6.07, 6.45) is 4.03. The van der Waals surface area contributed by atoms with Gasteiger partial charge >= 0.3 is 0 Å². The topological polar surface area (TPSA) is 27.3 Å². The Morgan fingerprint density at radius 1 is 0.920 bits per heavy atom. The summed E-state index contributed by atoms with van der Waals surface area (Å²) in [7, 11) is 0. The van der Waals surface area contributed by atoms with Crippen molar-refractivity contribution in [3.63, 3.8) is 0 Å². The number of piperidine rings is 1. The first kappa shape index (κ1) is 18.2. The summed E-state index contributed by atoms with van der Waals surface area (Å²) in [5, 5.41) is 7.82. The molecule has 132 valence electrons. The van der Waals surface area contributed by atoms with Crippen molar-refractivity contribution in [1.82, 2.24) is 10.2 Å². The van der Waals surface area contributed by atoms with E-state index in [0.717, 1.165) is 22.8 Å². The Morgan fingerprint density at radius 2 is 1.56 bits per heavy atom. The second-order valence-electron chi connectivity index (χ2n) is 6.47. The molecular formula is C20H24ClN3S. The highest BCUT2D eigenvalue weighted by Crippen LogP contribution is 2.15. The lowest BCUT2D eigenvalue weighted by atomic mass is 10.1. The molecule has 0 atom stereocenters. The predicted molar refractivity (Wildman–Crippen MR) is 110 cm³/mol. The SMILES string of the molecule is S=C(NCc1ccc(Cl)cc1)Nc1ccc(CN2CCCCC2)cc1. The minimum Gasteiger partial charge on any atom is -0.358 e. The van der Waals surface area contributed by atoms with Crippen LogP contribution in [0.1, 0.15) is 30.4 Å². The predicted octanol–water partition coefficient (Wildman–Crippen LogP) is 4.81. The molecule has 25 heavy (non-hydrogen) atoms. The molecule has 0 saturated carbocycles. The summed E-state index contributed by atoms with van der Waals surface area (Å²) < 4.78 is 0. The van der Waals surface area contributed by atoms with Crippen LogP contribution in [0.4, 0.5) is 5.69 Å². The average molecular weight is 374 g/mol. The van der Waals surface area contributed by atoms with E-state index >= 15 is 0 Å². The minimum absolute atomic E-state index is 0.624. The molecule has 0 aliphatic carbocycles. The highest BCUT2D eigenvalue weighted by Gasteiger charge is 2.10. The van der Waals surface area contributed by atoms with Crippen LogP contribution in [0.25, 0.3) is 0 Å². The second-order valence-corrected chi connectivity index (χ2v) is 7.31. The van der Waals surface area contributed by atoms with Crippen LogP contribution >= 0.6 is 23.8 Å². The van der Waals surface area contributed by atoms with Gasteiger partial charge in [0.1, 0.15) is 0 Å². The number of rotatable bonds is 5. The van der Waals surface area contributed by atoms with Crippen molar-refractivity contribution in [3.8, 4) is 0 Å². The fourth-order valence-corrected chi connectivity index (χ4v) is 3.35. The van der Waals surface area contributed by atoms with Crippen LogP contribution in [0.5, 0.6) is 0 Å². The average Bonchev–Trinajstić information content (AvgIpc) is 2.64. The van der Waals surface area contributed by atoms with E-state index in [-0.39, 0.29) is 0 Å². The fourth-order valence-electron chi connectivity index (χ4n) is 3.03. The first-order valence-electron chi connectivity index (χ1n) is 8.80. The lowest BCUT2D eigenvalue weighted by molar-refractivity contribution is 0.221. The van der Waals surface area contributed by atoms with Crippen molar-refractivity contribution >= 4 is 34.6 Å². The van der Waals surface area contributed by atoms with Gasteiger partial charge in [-0.3, -0.25) is 4.90 Å². The van der Waals surface area contributed by atoms with Gasteiger partial charge in [0.05, 0.1) is 0 Å². The van der Waals surface area contributed by atoms with Crippen molar-refractivity contribution in [2.24, 2.45) is 0 Å². The maximum Gasteiger partial charge on any atom is 0.171 e. The maximum atomic E-state index is 5.89. The highest BCUT2D eigenvalue weighted by atomic mass is 35.5. The van der Waals surface area contributed by atoms with Crippen molar-refractivity contribution < 1.29 is 0 Å². The molecule has 0 radical (unpaired) electrons. The lowest BCUT2D eigenvalue weighted by Crippen LogP contribution is -2.29. The Kier molecular flexibility index (Phi) is 6.68. The second kappa shape index (κ2) is 9.18. The Balaban J connectivity index is 1.45. The van der Waals surface area contributed by atoms with Crippen LogP contribution in [0.2, 0.25) is 5.02 Å². The van der Waals surface area contributed by atoms with Crippen molar-refractivity contribution in [3.05, 3.63) is 64.7 Å². The molecule has 2 aromatic rings. The Morgan fingerprint density at radius 3 is 2.24 bits per heavy atom. The fraction of sp³-hybridized carbons (Fsp3) is 0.350. The third-order valence-electron chi connectivity index (χ3n) is 4.43. The molecule has 5 heteroatoms. The van der Waals surface area contributed by atoms with Crippen LogP contribution in [0.3, 0.4) is 0 Å². The number of hydrogen-bond acceptors (Lipinski definition) is 2. The first-order chi connectivity index (χ1) is 12.2. The highest BCUT2D eigenvalue weighted by molar-refractivity contribution is 7.80. The number of halogens is 1. The van der Waals surface area contributed by atoms with Gasteiger partial charge in [-0.15, -0.1) is 0 Å². The number of anilines is 1. The zero-order valence-electron chi connectivity index (χ0n) is 14.3. The van der Waals surface area contributed by atoms with Gasteiger partial charge in [0.25, 0.3) is 0 Å². The number of nitrogens with one attached hydrogen (secondary N) is 2. The van der Waals surface area contributed by atoms with Gasteiger partial charge in [0.2, 0.25) is 0 Å². The molecule has 0 aromatic heterocycles. The Hall–Kier alpha value is -1.62. The third-order valence-corrected chi connectivity index (χ3v) is 4.93. The summed E-state index contributed by atoms with van der Waals surface area (Å²) in [5.74, 6) is 0. The van der Waals surface area contributed by atoms with Crippen molar-refractivity contribution in [1.29, 1.82) is 0 Å². The van der Waals surface area contributed by atoms with Gasteiger partial charge in [-0.05, 0) is 73.5 Å². The van der Waals surface area contributed by atoms with Gasteiger partial charge in [-0.2, -0.15) is 0 Å². The summed E-state index contributed by atoms with van der Waals surface area (Å²) >= 11 is 11.3. The Labute approximate surface area is 160 Å². The summed E-state index contributed by atoms with van der Waals surface area (Å²) in [4.78, 5) is 2.53. The molecule has 0 spiro atoms. The van der Waals surface area contributed by atoms with Crippen molar-refractivity contribution in [2.45, 2.75) is 32.4 Å². The van der Waals surface area contributed by atoms with E-state index in [0.29, 0.717) is 11.7 Å². The zero-order chi connectivity index (χ0) is 17.5. The van der Waals surface area contributed by atoms with E-state index in [1.807, 2.05) is 24.3 Å². The number of likely N-dealkylation sites (tertiary alicyclic amines) is 1. The molecule has 1 saturated heterocycles. The standard InChI is InChI=1S/C20H24ClN3S/c21-18-8-4-16(5-9-18)14-22-20(25)23-19-10-6-17(7-11-19)15-24-12-2-1-3-13-24/h4-11H,1-3,12-15H2,(H2,22,23,25). The normalized spacial score (nSPS) is 14.9. The maximum absolute atomic E-state index is 5.89. The molecule has 2 aromatic carbocycles. The smallest absolute Gasteiger partial charge is 0.171 e. The summed E-state index contributed by atoms with van der Waals surface area (Å²) in [5.41, 5.74) is 3.51. The zero-order valence-corrected chi connectivity index (χ0v) is 15.9. The third kappa shape index (κ3) is 5.99. The van der Waals surface area contributed by atoms with E-state index in [4.69, 9.17) is 23.8 Å². The van der Waals surface area contributed by atoms with Gasteiger partial charge < -0.3 is 10.6 Å². The molecule has 3 rings (SSSR count). The molecule has 1 fully saturated rings.